The Labute approximate surface area is 164 Å². The molecule has 0 spiro atoms. The van der Waals surface area contributed by atoms with Gasteiger partial charge in [-0.05, 0) is 44.2 Å². The van der Waals surface area contributed by atoms with Crippen molar-refractivity contribution in [3.63, 3.8) is 0 Å². The number of halogens is 2. The normalized spacial score (nSPS) is 11.9. The lowest BCUT2D eigenvalue weighted by molar-refractivity contribution is -0.123. The summed E-state index contributed by atoms with van der Waals surface area (Å²) in [6.45, 7) is 3.12. The summed E-state index contributed by atoms with van der Waals surface area (Å²) >= 11 is 12.1. The second-order valence-electron chi connectivity index (χ2n) is 5.65. The molecule has 1 amide bonds. The Morgan fingerprint density at radius 2 is 1.96 bits per heavy atom. The van der Waals surface area contributed by atoms with E-state index in [1.54, 1.807) is 37.3 Å². The molecule has 0 aliphatic rings. The molecule has 0 unspecified atom stereocenters. The minimum Gasteiger partial charge on any atom is -0.449 e. The van der Waals surface area contributed by atoms with Gasteiger partial charge in [0.2, 0.25) is 5.76 Å². The fraction of sp³-hybridized carbons (Fsp3) is 0.167. The predicted molar refractivity (Wildman–Crippen MR) is 98.9 cm³/mol. The van der Waals surface area contributed by atoms with Crippen LogP contribution < -0.4 is 5.32 Å². The first-order valence-corrected chi connectivity index (χ1v) is 8.59. The molecule has 0 saturated carbocycles. The lowest BCUT2D eigenvalue weighted by Crippen LogP contribution is -2.30. The van der Waals surface area contributed by atoms with E-state index in [1.807, 2.05) is 0 Å². The molecule has 9 heteroatoms. The molecule has 3 rings (SSSR count). The standard InChI is InChI=1S/C18H14Cl2N2O5/c1-9-7-16(22-27-9)21-17(23)10(2)25-18(24)15-6-5-14(26-15)12-8-11(19)3-4-13(12)20/h3-8,10H,1-2H3,(H,21,22,23)/t10-/m1/s1. The highest BCUT2D eigenvalue weighted by atomic mass is 35.5. The number of furan rings is 1. The van der Waals surface area contributed by atoms with Crippen molar-refractivity contribution in [3.8, 4) is 11.3 Å². The average Bonchev–Trinajstić information content (AvgIpc) is 3.26. The van der Waals surface area contributed by atoms with E-state index < -0.39 is 18.0 Å². The van der Waals surface area contributed by atoms with Crippen LogP contribution in [0.25, 0.3) is 11.3 Å². The van der Waals surface area contributed by atoms with E-state index in [0.29, 0.717) is 27.1 Å². The molecule has 0 bridgehead atoms. The highest BCUT2D eigenvalue weighted by Gasteiger charge is 2.22. The molecule has 1 atom stereocenters. The Morgan fingerprint density at radius 1 is 1.19 bits per heavy atom. The molecule has 1 aromatic carbocycles. The lowest BCUT2D eigenvalue weighted by atomic mass is 10.2. The van der Waals surface area contributed by atoms with E-state index in [4.69, 9.17) is 36.9 Å². The van der Waals surface area contributed by atoms with Gasteiger partial charge in [-0.25, -0.2) is 4.79 Å². The average molecular weight is 409 g/mol. The minimum absolute atomic E-state index is 0.0713. The Kier molecular flexibility index (Phi) is 5.53. The van der Waals surface area contributed by atoms with Gasteiger partial charge in [0, 0.05) is 16.7 Å². The summed E-state index contributed by atoms with van der Waals surface area (Å²) in [5.41, 5.74) is 0.537. The number of ether oxygens (including phenoxy) is 1. The third-order valence-electron chi connectivity index (χ3n) is 3.53. The fourth-order valence-electron chi connectivity index (χ4n) is 2.20. The predicted octanol–water partition coefficient (Wildman–Crippen LogP) is 4.73. The first-order chi connectivity index (χ1) is 12.8. The summed E-state index contributed by atoms with van der Waals surface area (Å²) in [6.07, 6.45) is -1.07. The summed E-state index contributed by atoms with van der Waals surface area (Å²) in [5.74, 6) is -0.295. The number of amides is 1. The number of carbonyl (C=O) groups excluding carboxylic acids is 2. The summed E-state index contributed by atoms with van der Waals surface area (Å²) in [7, 11) is 0. The maximum atomic E-state index is 12.2. The number of anilines is 1. The summed E-state index contributed by atoms with van der Waals surface area (Å²) in [6, 6.07) is 9.42. The van der Waals surface area contributed by atoms with Crippen molar-refractivity contribution in [1.82, 2.24) is 5.16 Å². The zero-order valence-electron chi connectivity index (χ0n) is 14.3. The molecule has 2 aromatic heterocycles. The summed E-state index contributed by atoms with van der Waals surface area (Å²) in [5, 5.41) is 7.01. The zero-order valence-corrected chi connectivity index (χ0v) is 15.8. The van der Waals surface area contributed by atoms with Crippen molar-refractivity contribution in [2.75, 3.05) is 5.32 Å². The van der Waals surface area contributed by atoms with Gasteiger partial charge in [-0.1, -0.05) is 28.4 Å². The second-order valence-corrected chi connectivity index (χ2v) is 6.49. The Hall–Kier alpha value is -2.77. The molecule has 27 heavy (non-hydrogen) atoms. The Bertz CT molecular complexity index is 995. The van der Waals surface area contributed by atoms with Gasteiger partial charge in [0.15, 0.2) is 11.9 Å². The number of aromatic nitrogens is 1. The van der Waals surface area contributed by atoms with Crippen LogP contribution in [-0.4, -0.2) is 23.1 Å². The molecule has 1 N–H and O–H groups in total. The number of hydrogen-bond donors (Lipinski definition) is 1. The quantitative estimate of drug-likeness (QED) is 0.612. The van der Waals surface area contributed by atoms with Gasteiger partial charge < -0.3 is 19.0 Å². The van der Waals surface area contributed by atoms with E-state index in [9.17, 15) is 9.59 Å². The largest absolute Gasteiger partial charge is 0.449 e. The third kappa shape index (κ3) is 4.50. The van der Waals surface area contributed by atoms with E-state index >= 15 is 0 Å². The molecule has 0 fully saturated rings. The highest BCUT2D eigenvalue weighted by molar-refractivity contribution is 6.35. The molecule has 140 valence electrons. The Balaban J connectivity index is 1.67. The highest BCUT2D eigenvalue weighted by Crippen LogP contribution is 2.32. The third-order valence-corrected chi connectivity index (χ3v) is 4.10. The van der Waals surface area contributed by atoms with E-state index in [1.165, 1.54) is 13.0 Å². The number of carbonyl (C=O) groups is 2. The van der Waals surface area contributed by atoms with Crippen molar-refractivity contribution in [3.05, 3.63) is 58.0 Å². The maximum absolute atomic E-state index is 12.2. The van der Waals surface area contributed by atoms with Gasteiger partial charge in [0.25, 0.3) is 5.91 Å². The number of aryl methyl sites for hydroxylation is 1. The molecule has 0 aliphatic carbocycles. The second kappa shape index (κ2) is 7.85. The zero-order chi connectivity index (χ0) is 19.6. The van der Waals surface area contributed by atoms with Crippen LogP contribution in [-0.2, 0) is 9.53 Å². The van der Waals surface area contributed by atoms with Gasteiger partial charge in [0.05, 0.1) is 5.02 Å². The summed E-state index contributed by atoms with van der Waals surface area (Å²) in [4.78, 5) is 24.3. The van der Waals surface area contributed by atoms with Crippen molar-refractivity contribution >= 4 is 40.9 Å². The molecule has 0 aliphatic heterocycles. The van der Waals surface area contributed by atoms with Gasteiger partial charge >= 0.3 is 5.97 Å². The molecular formula is C18H14Cl2N2O5. The van der Waals surface area contributed by atoms with Crippen LogP contribution in [0.4, 0.5) is 5.82 Å². The van der Waals surface area contributed by atoms with Gasteiger partial charge in [-0.3, -0.25) is 4.79 Å². The van der Waals surface area contributed by atoms with Crippen molar-refractivity contribution in [2.45, 2.75) is 20.0 Å². The monoisotopic (exact) mass is 408 g/mol. The van der Waals surface area contributed by atoms with Crippen LogP contribution in [0.2, 0.25) is 10.0 Å². The summed E-state index contributed by atoms with van der Waals surface area (Å²) < 4.78 is 15.5. The first kappa shape index (κ1) is 19.0. The van der Waals surface area contributed by atoms with Crippen molar-refractivity contribution < 1.29 is 23.3 Å². The fourth-order valence-corrected chi connectivity index (χ4v) is 2.59. The number of nitrogens with one attached hydrogen (secondary N) is 1. The molecular weight excluding hydrogens is 395 g/mol. The molecule has 2 heterocycles. The Morgan fingerprint density at radius 3 is 2.67 bits per heavy atom. The smallest absolute Gasteiger partial charge is 0.375 e. The minimum atomic E-state index is -1.07. The topological polar surface area (TPSA) is 94.6 Å². The van der Waals surface area contributed by atoms with E-state index in [-0.39, 0.29) is 11.6 Å². The SMILES string of the molecule is Cc1cc(NC(=O)[C@@H](C)OC(=O)c2ccc(-c3cc(Cl)ccc3Cl)o2)no1. The number of nitrogens with zero attached hydrogens (tertiary/aromatic N) is 1. The number of benzene rings is 1. The molecule has 0 radical (unpaired) electrons. The van der Waals surface area contributed by atoms with Crippen LogP contribution >= 0.6 is 23.2 Å². The van der Waals surface area contributed by atoms with Crippen LogP contribution in [0, 0.1) is 6.92 Å². The maximum Gasteiger partial charge on any atom is 0.375 e. The lowest BCUT2D eigenvalue weighted by Gasteiger charge is -2.11. The van der Waals surface area contributed by atoms with Gasteiger partial charge in [-0.15, -0.1) is 0 Å². The molecule has 0 saturated heterocycles. The van der Waals surface area contributed by atoms with Crippen molar-refractivity contribution in [1.29, 1.82) is 0 Å². The van der Waals surface area contributed by atoms with Crippen LogP contribution in [0.15, 0.2) is 45.3 Å². The van der Waals surface area contributed by atoms with Crippen LogP contribution in [0.5, 0.6) is 0 Å². The van der Waals surface area contributed by atoms with Crippen LogP contribution in [0.1, 0.15) is 23.2 Å². The number of rotatable bonds is 5. The number of hydrogen-bond acceptors (Lipinski definition) is 6. The van der Waals surface area contributed by atoms with Gasteiger partial charge in [-0.2, -0.15) is 0 Å². The van der Waals surface area contributed by atoms with E-state index in [2.05, 4.69) is 10.5 Å². The number of esters is 1. The van der Waals surface area contributed by atoms with Gasteiger partial charge in [0.1, 0.15) is 11.5 Å². The molecule has 7 nitrogen and oxygen atoms in total. The van der Waals surface area contributed by atoms with Crippen molar-refractivity contribution in [2.24, 2.45) is 0 Å². The molecule has 3 aromatic rings. The van der Waals surface area contributed by atoms with E-state index in [0.717, 1.165) is 0 Å². The first-order valence-electron chi connectivity index (χ1n) is 7.84. The van der Waals surface area contributed by atoms with Crippen LogP contribution in [0.3, 0.4) is 0 Å².